The molecular formula is C31H48F4N4O11. The maximum Gasteiger partial charge on any atom is 0.313 e. The van der Waals surface area contributed by atoms with Crippen LogP contribution in [0.25, 0.3) is 10.4 Å². The number of halogens is 4. The van der Waals surface area contributed by atoms with Gasteiger partial charge in [0.2, 0.25) is 17.5 Å². The van der Waals surface area contributed by atoms with Crippen LogP contribution < -0.4 is 10.1 Å². The Bertz CT molecular complexity index is 1120. The summed E-state index contributed by atoms with van der Waals surface area (Å²) in [6.45, 7) is 7.44. The Morgan fingerprint density at radius 2 is 1.12 bits per heavy atom. The van der Waals surface area contributed by atoms with Crippen LogP contribution in [0.3, 0.4) is 0 Å². The van der Waals surface area contributed by atoms with Gasteiger partial charge in [-0.25, -0.2) is 13.2 Å². The molecule has 1 amide bonds. The first-order valence-electron chi connectivity index (χ1n) is 16.2. The van der Waals surface area contributed by atoms with E-state index in [4.69, 9.17) is 43.4 Å². The van der Waals surface area contributed by atoms with E-state index in [1.807, 2.05) is 6.92 Å². The van der Waals surface area contributed by atoms with Gasteiger partial charge in [0.1, 0.15) is 0 Å². The van der Waals surface area contributed by atoms with Gasteiger partial charge in [-0.05, 0) is 18.9 Å². The van der Waals surface area contributed by atoms with Crippen molar-refractivity contribution in [3.63, 3.8) is 0 Å². The van der Waals surface area contributed by atoms with Gasteiger partial charge in [-0.1, -0.05) is 12.0 Å². The molecule has 19 heteroatoms. The number of ether oxygens (including phenoxy) is 9. The Balaban J connectivity index is 2.28. The second kappa shape index (κ2) is 29.6. The summed E-state index contributed by atoms with van der Waals surface area (Å²) >= 11 is 0. The molecule has 0 bridgehead atoms. The Labute approximate surface area is 288 Å². The standard InChI is InChI=1S/C31H48F4N4O11/c1-3-7-42-11-15-46-17-19-48-21-24(22-49-20-18-47-16-14-45-10-6-37-39-36)38-25(40)4-8-43-12-13-44-9-5-26(41)50-31-23(2)27(32)28(33)29(34)30(31)35/h24H,3-22H2,1-2H3,(H,38,40). The highest BCUT2D eigenvalue weighted by Gasteiger charge is 2.25. The molecule has 15 nitrogen and oxygen atoms in total. The van der Waals surface area contributed by atoms with Crippen molar-refractivity contribution in [2.75, 3.05) is 112 Å². The molecule has 50 heavy (non-hydrogen) atoms. The fourth-order valence-electron chi connectivity index (χ4n) is 3.71. The summed E-state index contributed by atoms with van der Waals surface area (Å²) in [5.41, 5.74) is 7.54. The molecular weight excluding hydrogens is 680 g/mol. The van der Waals surface area contributed by atoms with Crippen molar-refractivity contribution < 1.29 is 69.8 Å². The molecule has 0 aliphatic carbocycles. The lowest BCUT2D eigenvalue weighted by atomic mass is 10.2. The van der Waals surface area contributed by atoms with Gasteiger partial charge >= 0.3 is 5.97 Å². The van der Waals surface area contributed by atoms with E-state index >= 15 is 0 Å². The second-order valence-electron chi connectivity index (χ2n) is 10.2. The van der Waals surface area contributed by atoms with Crippen LogP contribution in [0, 0.1) is 30.2 Å². The van der Waals surface area contributed by atoms with E-state index in [0.29, 0.717) is 59.5 Å². The molecule has 1 rings (SSSR count). The van der Waals surface area contributed by atoms with Crippen molar-refractivity contribution in [3.05, 3.63) is 39.3 Å². The number of hydrogen-bond acceptors (Lipinski definition) is 12. The van der Waals surface area contributed by atoms with Gasteiger partial charge in [0, 0.05) is 30.0 Å². The largest absolute Gasteiger partial charge is 0.423 e. The van der Waals surface area contributed by atoms with Crippen molar-refractivity contribution >= 4 is 11.9 Å². The first kappa shape index (κ1) is 44.9. The topological polar surface area (TPSA) is 178 Å². The number of benzene rings is 1. The number of azide groups is 1. The first-order valence-corrected chi connectivity index (χ1v) is 16.2. The number of amides is 1. The summed E-state index contributed by atoms with van der Waals surface area (Å²) in [5.74, 6) is -9.92. The number of nitrogens with zero attached hydrogens (tertiary/aromatic N) is 3. The summed E-state index contributed by atoms with van der Waals surface area (Å²) < 4.78 is 102. The zero-order valence-electron chi connectivity index (χ0n) is 28.6. The average Bonchev–Trinajstić information content (AvgIpc) is 3.10. The minimum absolute atomic E-state index is 0.0300. The number of carbonyl (C=O) groups excluding carboxylic acids is 2. The van der Waals surface area contributed by atoms with E-state index in [1.165, 1.54) is 0 Å². The maximum atomic E-state index is 13.9. The predicted octanol–water partition coefficient (Wildman–Crippen LogP) is 3.57. The highest BCUT2D eigenvalue weighted by atomic mass is 19.2. The fourth-order valence-corrected chi connectivity index (χ4v) is 3.71. The van der Waals surface area contributed by atoms with Gasteiger partial charge in [0.05, 0.1) is 112 Å². The maximum absolute atomic E-state index is 13.9. The molecule has 0 spiro atoms. The molecule has 1 atom stereocenters. The van der Waals surface area contributed by atoms with Gasteiger partial charge in [0.25, 0.3) is 0 Å². The lowest BCUT2D eigenvalue weighted by Crippen LogP contribution is -2.42. The van der Waals surface area contributed by atoms with Crippen LogP contribution in [-0.2, 0) is 47.5 Å². The lowest BCUT2D eigenvalue weighted by Gasteiger charge is -2.19. The molecule has 0 radical (unpaired) electrons. The monoisotopic (exact) mass is 728 g/mol. The summed E-state index contributed by atoms with van der Waals surface area (Å²) in [7, 11) is 0. The number of hydrogen-bond donors (Lipinski definition) is 1. The van der Waals surface area contributed by atoms with E-state index in [1.54, 1.807) is 0 Å². The number of nitrogens with one attached hydrogen (secondary N) is 1. The van der Waals surface area contributed by atoms with Gasteiger partial charge in [-0.3, -0.25) is 9.59 Å². The molecule has 0 aliphatic rings. The molecule has 0 saturated heterocycles. The van der Waals surface area contributed by atoms with Crippen molar-refractivity contribution in [2.24, 2.45) is 5.11 Å². The van der Waals surface area contributed by atoms with Crippen LogP contribution in [-0.4, -0.2) is 130 Å². The van der Waals surface area contributed by atoms with E-state index in [-0.39, 0.29) is 71.5 Å². The third kappa shape index (κ3) is 21.2. The van der Waals surface area contributed by atoms with Gasteiger partial charge in [-0.15, -0.1) is 0 Å². The molecule has 1 N–H and O–H groups in total. The SMILES string of the molecule is CCCOCCOCCOCC(COCCOCCOCCN=[N+]=[N-])NC(=O)CCOCCOCCC(=O)Oc1c(C)c(F)c(F)c(F)c1F. The van der Waals surface area contributed by atoms with E-state index in [2.05, 4.69) is 20.1 Å². The van der Waals surface area contributed by atoms with Crippen molar-refractivity contribution in [3.8, 4) is 5.75 Å². The summed E-state index contributed by atoms with van der Waals surface area (Å²) in [4.78, 5) is 27.1. The highest BCUT2D eigenvalue weighted by Crippen LogP contribution is 2.30. The third-order valence-electron chi connectivity index (χ3n) is 6.20. The van der Waals surface area contributed by atoms with Crippen LogP contribution in [0.15, 0.2) is 5.11 Å². The Morgan fingerprint density at radius 1 is 0.660 bits per heavy atom. The molecule has 0 saturated carbocycles. The fraction of sp³-hybridized carbons (Fsp3) is 0.742. The quantitative estimate of drug-likeness (QED) is 0.0132. The molecule has 0 heterocycles. The third-order valence-corrected chi connectivity index (χ3v) is 6.20. The molecule has 0 fully saturated rings. The molecule has 1 unspecified atom stereocenters. The predicted molar refractivity (Wildman–Crippen MR) is 169 cm³/mol. The number of esters is 1. The van der Waals surface area contributed by atoms with Crippen LogP contribution in [0.4, 0.5) is 17.6 Å². The van der Waals surface area contributed by atoms with Crippen LogP contribution in [0.5, 0.6) is 5.75 Å². The van der Waals surface area contributed by atoms with Crippen LogP contribution in [0.2, 0.25) is 0 Å². The van der Waals surface area contributed by atoms with E-state index in [9.17, 15) is 27.2 Å². The summed E-state index contributed by atoms with van der Waals surface area (Å²) in [6.07, 6.45) is 0.582. The minimum Gasteiger partial charge on any atom is -0.423 e. The van der Waals surface area contributed by atoms with Crippen molar-refractivity contribution in [1.82, 2.24) is 5.32 Å². The Hall–Kier alpha value is -3.13. The van der Waals surface area contributed by atoms with Crippen molar-refractivity contribution in [2.45, 2.75) is 39.2 Å². The number of rotatable bonds is 32. The second-order valence-corrected chi connectivity index (χ2v) is 10.2. The molecule has 1 aromatic rings. The highest BCUT2D eigenvalue weighted by molar-refractivity contribution is 5.76. The van der Waals surface area contributed by atoms with Crippen molar-refractivity contribution in [1.29, 1.82) is 0 Å². The molecule has 1 aromatic carbocycles. The zero-order valence-corrected chi connectivity index (χ0v) is 28.6. The zero-order chi connectivity index (χ0) is 36.8. The van der Waals surface area contributed by atoms with Gasteiger partial charge in [0.15, 0.2) is 17.4 Å². The van der Waals surface area contributed by atoms with Gasteiger partial charge in [-0.2, -0.15) is 4.39 Å². The number of carbonyl (C=O) groups is 2. The van der Waals surface area contributed by atoms with E-state index < -0.39 is 46.6 Å². The minimum atomic E-state index is -2.08. The average molecular weight is 729 g/mol. The molecule has 286 valence electrons. The summed E-state index contributed by atoms with van der Waals surface area (Å²) in [5, 5.41) is 6.20. The molecule has 0 aliphatic heterocycles. The van der Waals surface area contributed by atoms with Gasteiger partial charge < -0.3 is 47.9 Å². The smallest absolute Gasteiger partial charge is 0.313 e. The van der Waals surface area contributed by atoms with E-state index in [0.717, 1.165) is 13.3 Å². The normalized spacial score (nSPS) is 11.7. The molecule has 0 aromatic heterocycles. The Kier molecular flexibility index (Phi) is 26.6. The lowest BCUT2D eigenvalue weighted by molar-refractivity contribution is -0.136. The van der Waals surface area contributed by atoms with Crippen LogP contribution >= 0.6 is 0 Å². The summed E-state index contributed by atoms with van der Waals surface area (Å²) in [6, 6.07) is -0.456. The first-order chi connectivity index (χ1) is 24.2. The van der Waals surface area contributed by atoms with Crippen LogP contribution in [0.1, 0.15) is 31.7 Å². The Morgan fingerprint density at radius 3 is 1.66 bits per heavy atom.